The Labute approximate surface area is 296 Å². The molecule has 0 amide bonds. The van der Waals surface area contributed by atoms with E-state index in [1.165, 1.54) is 23.4 Å². The number of thiocarbonyl (C=S) groups is 1. The molecule has 3 aliphatic heterocycles. The van der Waals surface area contributed by atoms with Crippen molar-refractivity contribution in [3.63, 3.8) is 0 Å². The topological polar surface area (TPSA) is 71.4 Å². The van der Waals surface area contributed by atoms with Crippen molar-refractivity contribution in [1.29, 1.82) is 0 Å². The second-order valence-corrected chi connectivity index (χ2v) is 13.4. The number of aromatic nitrogens is 3. The Morgan fingerprint density at radius 2 is 1.58 bits per heavy atom. The summed E-state index contributed by atoms with van der Waals surface area (Å²) >= 11 is 18.5. The van der Waals surface area contributed by atoms with E-state index in [-0.39, 0.29) is 12.6 Å². The number of ether oxygens (including phenoxy) is 3. The monoisotopic (exact) mass is 707 g/mol. The smallest absolute Gasteiger partial charge is 0.217 e. The molecule has 3 saturated heterocycles. The van der Waals surface area contributed by atoms with Crippen molar-refractivity contribution in [1.82, 2.24) is 19.7 Å². The summed E-state index contributed by atoms with van der Waals surface area (Å²) in [5.74, 6) is -0.371. The minimum Gasteiger partial charge on any atom is -0.491 e. The van der Waals surface area contributed by atoms with E-state index < -0.39 is 5.79 Å². The first kappa shape index (κ1) is 32.9. The van der Waals surface area contributed by atoms with Gasteiger partial charge in [-0.1, -0.05) is 29.3 Å². The first-order valence-electron chi connectivity index (χ1n) is 16.4. The molecule has 4 aromatic rings. The normalized spacial score (nSPS) is 21.6. The number of benzene rings is 3. The standard InChI is InChI=1S/C35H39Cl2N7O3S/c1-2-40-14-3-15-44(34(40)48)29-7-5-27(6-8-29)41-16-18-42(19-17-41)28-9-11-30(12-10-28)45-21-31-22-46-35(47-31,23-43-25-38-24-39-43)32-13-4-26(36)20-33(32)37/h4-13,20,24-25,31H,2-3,14-19,21-23H2,1H3. The van der Waals surface area contributed by atoms with E-state index in [1.54, 1.807) is 23.1 Å². The second kappa shape index (κ2) is 14.5. The van der Waals surface area contributed by atoms with Crippen LogP contribution in [0.4, 0.5) is 17.1 Å². The largest absolute Gasteiger partial charge is 0.491 e. The van der Waals surface area contributed by atoms with E-state index in [4.69, 9.17) is 49.6 Å². The summed E-state index contributed by atoms with van der Waals surface area (Å²) in [5, 5.41) is 6.17. The van der Waals surface area contributed by atoms with Gasteiger partial charge in [0.15, 0.2) is 5.11 Å². The zero-order valence-corrected chi connectivity index (χ0v) is 29.2. The summed E-state index contributed by atoms with van der Waals surface area (Å²) in [6.45, 7) is 9.87. The van der Waals surface area contributed by atoms with Crippen LogP contribution < -0.4 is 19.4 Å². The molecule has 7 rings (SSSR count). The molecule has 0 N–H and O–H groups in total. The van der Waals surface area contributed by atoms with Crippen molar-refractivity contribution < 1.29 is 14.2 Å². The van der Waals surface area contributed by atoms with Crippen LogP contribution in [0.1, 0.15) is 18.9 Å². The van der Waals surface area contributed by atoms with Gasteiger partial charge in [-0.2, -0.15) is 5.10 Å². The van der Waals surface area contributed by atoms with Crippen molar-refractivity contribution in [3.05, 3.63) is 95.0 Å². The molecule has 0 radical (unpaired) electrons. The Kier molecular flexibility index (Phi) is 9.93. The van der Waals surface area contributed by atoms with Crippen LogP contribution in [0.25, 0.3) is 0 Å². The lowest BCUT2D eigenvalue weighted by Crippen LogP contribution is -2.49. The van der Waals surface area contributed by atoms with Crippen LogP contribution in [0.5, 0.6) is 5.75 Å². The molecule has 3 aliphatic rings. The number of nitrogens with zero attached hydrogens (tertiary/aromatic N) is 7. The Bertz CT molecular complexity index is 1690. The second-order valence-electron chi connectivity index (χ2n) is 12.2. The minimum absolute atomic E-state index is 0.281. The van der Waals surface area contributed by atoms with Gasteiger partial charge in [0.25, 0.3) is 0 Å². The van der Waals surface area contributed by atoms with E-state index in [0.717, 1.165) is 63.1 Å². The predicted molar refractivity (Wildman–Crippen MR) is 194 cm³/mol. The van der Waals surface area contributed by atoms with Crippen LogP contribution in [-0.2, 0) is 21.8 Å². The summed E-state index contributed by atoms with van der Waals surface area (Å²) in [6, 6.07) is 22.4. The van der Waals surface area contributed by atoms with Crippen LogP contribution in [0.2, 0.25) is 10.0 Å². The molecule has 48 heavy (non-hydrogen) atoms. The third-order valence-corrected chi connectivity index (χ3v) is 10.2. The Hall–Kier alpha value is -3.61. The van der Waals surface area contributed by atoms with Crippen LogP contribution in [0.3, 0.4) is 0 Å². The minimum atomic E-state index is -1.14. The predicted octanol–water partition coefficient (Wildman–Crippen LogP) is 6.08. The maximum atomic E-state index is 6.59. The fourth-order valence-electron chi connectivity index (χ4n) is 6.61. The molecular weight excluding hydrogens is 669 g/mol. The van der Waals surface area contributed by atoms with Crippen molar-refractivity contribution in [3.8, 4) is 5.75 Å². The number of anilines is 3. The molecule has 0 bridgehead atoms. The summed E-state index contributed by atoms with van der Waals surface area (Å²) in [7, 11) is 0. The molecule has 0 spiro atoms. The molecule has 0 aliphatic carbocycles. The molecule has 3 aromatic carbocycles. The number of hydrogen-bond acceptors (Lipinski definition) is 8. The lowest BCUT2D eigenvalue weighted by molar-refractivity contribution is -0.190. The van der Waals surface area contributed by atoms with Gasteiger partial charge in [-0.05, 0) is 86.2 Å². The first-order valence-corrected chi connectivity index (χ1v) is 17.6. The molecule has 3 fully saturated rings. The molecule has 2 unspecified atom stereocenters. The number of piperazine rings is 1. The average molecular weight is 709 g/mol. The maximum Gasteiger partial charge on any atom is 0.217 e. The lowest BCUT2D eigenvalue weighted by Gasteiger charge is -2.39. The van der Waals surface area contributed by atoms with Crippen molar-refractivity contribution in [2.24, 2.45) is 0 Å². The number of halogens is 2. The number of rotatable bonds is 10. The summed E-state index contributed by atoms with van der Waals surface area (Å²) in [4.78, 5) is 13.5. The Morgan fingerprint density at radius 1 is 0.896 bits per heavy atom. The SMILES string of the molecule is CCN1CCCN(c2ccc(N3CCN(c4ccc(OCC5COC(Cn6cncn6)(c6ccc(Cl)cc6Cl)O5)cc4)CC3)cc2)C1=S. The highest BCUT2D eigenvalue weighted by Crippen LogP contribution is 2.40. The van der Waals surface area contributed by atoms with Crippen molar-refractivity contribution >= 4 is 57.6 Å². The fraction of sp³-hybridized carbons (Fsp3) is 0.400. The lowest BCUT2D eigenvalue weighted by atomic mass is 10.1. The van der Waals surface area contributed by atoms with E-state index in [2.05, 4.69) is 73.0 Å². The van der Waals surface area contributed by atoms with Crippen LogP contribution in [-0.4, -0.2) is 89.9 Å². The molecular formula is C35H39Cl2N7O3S. The van der Waals surface area contributed by atoms with Gasteiger partial charge >= 0.3 is 0 Å². The highest BCUT2D eigenvalue weighted by molar-refractivity contribution is 7.80. The van der Waals surface area contributed by atoms with Crippen LogP contribution in [0, 0.1) is 0 Å². The fourth-order valence-corrected chi connectivity index (χ4v) is 7.58. The summed E-state index contributed by atoms with van der Waals surface area (Å²) < 4.78 is 20.6. The van der Waals surface area contributed by atoms with Crippen LogP contribution >= 0.6 is 35.4 Å². The first-order chi connectivity index (χ1) is 23.4. The van der Waals surface area contributed by atoms with E-state index in [0.29, 0.717) is 28.8 Å². The third-order valence-electron chi connectivity index (χ3n) is 9.17. The van der Waals surface area contributed by atoms with Gasteiger partial charge in [-0.25, -0.2) is 9.67 Å². The van der Waals surface area contributed by atoms with Gasteiger partial charge in [0.1, 0.15) is 37.7 Å². The van der Waals surface area contributed by atoms with Gasteiger partial charge in [0, 0.05) is 73.5 Å². The number of hydrogen-bond donors (Lipinski definition) is 0. The van der Waals surface area contributed by atoms with E-state index in [9.17, 15) is 0 Å². The molecule has 252 valence electrons. The molecule has 4 heterocycles. The van der Waals surface area contributed by atoms with Gasteiger partial charge in [0.05, 0.1) is 11.6 Å². The van der Waals surface area contributed by atoms with Crippen molar-refractivity contribution in [2.75, 3.05) is 73.7 Å². The Balaban J connectivity index is 0.917. The van der Waals surface area contributed by atoms with Gasteiger partial charge in [0.2, 0.25) is 5.79 Å². The maximum absolute atomic E-state index is 6.59. The highest BCUT2D eigenvalue weighted by atomic mass is 35.5. The quantitative estimate of drug-likeness (QED) is 0.181. The van der Waals surface area contributed by atoms with E-state index in [1.807, 2.05) is 18.2 Å². The molecule has 13 heteroatoms. The molecule has 1 aromatic heterocycles. The van der Waals surface area contributed by atoms with Crippen LogP contribution in [0.15, 0.2) is 79.4 Å². The van der Waals surface area contributed by atoms with Gasteiger partial charge in [-0.15, -0.1) is 0 Å². The van der Waals surface area contributed by atoms with Crippen molar-refractivity contribution in [2.45, 2.75) is 31.8 Å². The molecule has 0 saturated carbocycles. The zero-order chi connectivity index (χ0) is 33.1. The molecule has 10 nitrogen and oxygen atoms in total. The van der Waals surface area contributed by atoms with E-state index >= 15 is 0 Å². The Morgan fingerprint density at radius 3 is 2.23 bits per heavy atom. The van der Waals surface area contributed by atoms with Gasteiger partial charge < -0.3 is 33.8 Å². The summed E-state index contributed by atoms with van der Waals surface area (Å²) in [5.41, 5.74) is 4.28. The highest BCUT2D eigenvalue weighted by Gasteiger charge is 2.45. The average Bonchev–Trinajstić information content (AvgIpc) is 3.78. The molecule has 2 atom stereocenters. The zero-order valence-electron chi connectivity index (χ0n) is 26.9. The van der Waals surface area contributed by atoms with Gasteiger partial charge in [-0.3, -0.25) is 0 Å². The third kappa shape index (κ3) is 7.06. The summed E-state index contributed by atoms with van der Waals surface area (Å²) in [6.07, 6.45) is 3.90.